The predicted octanol–water partition coefficient (Wildman–Crippen LogP) is 22.8. The number of halogens is 19. The van der Waals surface area contributed by atoms with Crippen molar-refractivity contribution >= 4 is 70.1 Å². The Labute approximate surface area is 770 Å². The second kappa shape index (κ2) is 43.1. The molecule has 5 N–H and O–H groups in total. The maximum absolute atomic E-state index is 13.7. The number of ether oxygens (including phenoxy) is 5. The Morgan fingerprint density at radius 3 is 1.03 bits per heavy atom. The lowest BCUT2D eigenvalue weighted by molar-refractivity contribution is -0.142. The van der Waals surface area contributed by atoms with Crippen LogP contribution in [0.4, 0.5) is 74.6 Å². The van der Waals surface area contributed by atoms with Crippen molar-refractivity contribution < 1.29 is 142 Å². The van der Waals surface area contributed by atoms with Crippen molar-refractivity contribution in [2.45, 2.75) is 122 Å². The first kappa shape index (κ1) is 103. The average molecular weight is 1960 g/mol. The monoisotopic (exact) mass is 1950 g/mol. The number of hydrogen-bond acceptors (Lipinski definition) is 17. The van der Waals surface area contributed by atoms with E-state index in [4.69, 9.17) is 47.3 Å². The molecule has 8 aromatic carbocycles. The van der Waals surface area contributed by atoms with E-state index < -0.39 is 171 Å². The Morgan fingerprint density at radius 2 is 0.699 bits per heavy atom. The van der Waals surface area contributed by atoms with Gasteiger partial charge in [-0.05, 0) is 149 Å². The molecule has 1 aliphatic rings. The average Bonchev–Trinajstić information content (AvgIpc) is 1.60. The van der Waals surface area contributed by atoms with E-state index in [0.29, 0.717) is 63.9 Å². The van der Waals surface area contributed by atoms with Gasteiger partial charge in [-0.2, -0.15) is 68.7 Å². The number of Topliss-reactive ketones (excluding diaryl/α,β-unsaturated/α-hetero) is 3. The minimum absolute atomic E-state index is 0.0447. The molecule has 0 bridgehead atoms. The first-order valence-electron chi connectivity index (χ1n) is 39.9. The van der Waals surface area contributed by atoms with E-state index in [2.05, 4.69) is 46.4 Å². The number of carboxylic acid groups (broad SMARTS) is 1. The molecule has 4 heterocycles. The Hall–Kier alpha value is -14.7. The van der Waals surface area contributed by atoms with Gasteiger partial charge >= 0.3 is 31.1 Å². The van der Waals surface area contributed by atoms with Crippen molar-refractivity contribution in [2.75, 3.05) is 0 Å². The van der Waals surface area contributed by atoms with Crippen LogP contribution < -0.4 is 45.0 Å². The van der Waals surface area contributed by atoms with Gasteiger partial charge in [-0.15, -0.1) is 0 Å². The van der Waals surface area contributed by atoms with Gasteiger partial charge in [0.2, 0.25) is 23.5 Å². The van der Waals surface area contributed by atoms with Crippen LogP contribution in [0.2, 0.25) is 10.0 Å². The fraction of sp³-hybridized carbons (Fsp3) is 0.253. The maximum atomic E-state index is 13.7. The number of amides is 4. The van der Waals surface area contributed by atoms with E-state index in [1.165, 1.54) is 122 Å². The number of nitrogens with one attached hydrogen (secondary N) is 4. The van der Waals surface area contributed by atoms with Crippen LogP contribution in [0.25, 0.3) is 0 Å². The highest BCUT2D eigenvalue weighted by atomic mass is 35.5. The van der Waals surface area contributed by atoms with Gasteiger partial charge in [-0.3, -0.25) is 33.6 Å². The Bertz CT molecular complexity index is 6400. The molecule has 0 unspecified atom stereocenters. The molecule has 4 aromatic heterocycles. The van der Waals surface area contributed by atoms with Crippen LogP contribution in [-0.4, -0.2) is 97.8 Å². The van der Waals surface area contributed by atoms with Crippen LogP contribution in [0.3, 0.4) is 0 Å². The standard InChI is InChI=1S/C24H20F5N3O3.C23H20F5N3O3.C22H18Cl2F3N3O3.C22H19F4N3O5/c1-13(33)14-6-8-15(9-7-14)23(10-11-23)30-21(34)18-19(20(25)26)31-32(2)22(18)35-17-5-3-4-16(12-17)24(27,28)29;1-12(14-7-9-15(10-8-14)13(2)32)29-21(33)18-19(20(24)25)30-31(3)22(18)34-17-6-4-5-16(11-17)23(26,27)28;1-11(13-4-6-14(7-5-13)12(2)31)28-20(32)18-19(22(25,26)27)29-30(3)21(18)33-15-8-9-16(23)17(24)10-15;1-11(12-6-8-13(9-7-12)21(31)32)27-19(30)16-17(18(23)24)28-29(2)20(16)33-14-4-3-5-15(10-14)34-22(25)26/h3-9,12,20H,10-11H2,1-2H3,(H,30,34);4-12,20H,1-3H3,(H,29,33);4-11H,1-3H3,(H,28,32);3-11,18,22H,1-2H3,(H,27,30)(H,31,32)/t;12-;2*11-/m.000/s1. The number of benzene rings is 8. The molecule has 136 heavy (non-hydrogen) atoms. The summed E-state index contributed by atoms with van der Waals surface area (Å²) in [5.41, 5.74) is -5.36. The summed E-state index contributed by atoms with van der Waals surface area (Å²) in [5.74, 6) is -7.74. The SMILES string of the molecule is CC(=O)c1ccc(C2(NC(=O)c3c(C(F)F)nn(C)c3Oc3cccc(C(F)(F)F)c3)CC2)cc1.CC(=O)c1ccc([C@H](C)NC(=O)c2c(C(F)(F)F)nn(C)c2Oc2ccc(Cl)c(Cl)c2)cc1.CC(=O)c1ccc([C@H](C)NC(=O)c2c(C(F)F)nn(C)c2Oc2cccc(C(F)(F)F)c2)cc1.C[C@H](NC(=O)c1c(C(F)F)nn(C)c1Oc1cccc(OC(F)F)c1)c1ccc(C(=O)O)cc1. The van der Waals surface area contributed by atoms with Crippen molar-refractivity contribution in [1.29, 1.82) is 0 Å². The first-order valence-corrected chi connectivity index (χ1v) is 40.7. The molecular formula is C91H77Cl2F17N12O14. The molecule has 0 saturated heterocycles. The van der Waals surface area contributed by atoms with Gasteiger partial charge in [-0.1, -0.05) is 126 Å². The van der Waals surface area contributed by atoms with Crippen LogP contribution in [0.15, 0.2) is 188 Å². The summed E-state index contributed by atoms with van der Waals surface area (Å²) < 4.78 is 256. The molecular weight excluding hydrogens is 1880 g/mol. The first-order chi connectivity index (χ1) is 63.7. The number of aromatic nitrogens is 8. The molecule has 1 fully saturated rings. The molecule has 12 aromatic rings. The van der Waals surface area contributed by atoms with Crippen LogP contribution in [0.1, 0.15) is 231 Å². The molecule has 26 nitrogen and oxygen atoms in total. The normalized spacial score (nSPS) is 12.9. The summed E-state index contributed by atoms with van der Waals surface area (Å²) >= 11 is 11.8. The number of aromatic carboxylic acids is 1. The third-order valence-corrected chi connectivity index (χ3v) is 21.0. The molecule has 13 rings (SSSR count). The topological polar surface area (TPSA) is 322 Å². The molecule has 1 saturated carbocycles. The third kappa shape index (κ3) is 25.8. The number of aryl methyl sites for hydroxylation is 4. The van der Waals surface area contributed by atoms with Crippen LogP contribution in [0.5, 0.6) is 52.3 Å². The number of rotatable bonds is 29. The summed E-state index contributed by atoms with van der Waals surface area (Å²) in [6.07, 6.45) is -22.5. The molecule has 0 radical (unpaired) electrons. The number of ketones is 3. The van der Waals surface area contributed by atoms with Crippen LogP contribution in [-0.2, 0) is 52.3 Å². The second-order valence-electron chi connectivity index (χ2n) is 30.0. The zero-order valence-electron chi connectivity index (χ0n) is 72.4. The predicted molar refractivity (Wildman–Crippen MR) is 454 cm³/mol. The Balaban J connectivity index is 0.000000187. The van der Waals surface area contributed by atoms with E-state index in [9.17, 15) is 113 Å². The zero-order chi connectivity index (χ0) is 100. The van der Waals surface area contributed by atoms with Gasteiger partial charge in [-0.25, -0.2) is 49.9 Å². The molecule has 3 atom stereocenters. The van der Waals surface area contributed by atoms with Crippen LogP contribution >= 0.6 is 23.2 Å². The number of alkyl halides is 17. The highest BCUT2D eigenvalue weighted by molar-refractivity contribution is 6.42. The van der Waals surface area contributed by atoms with Crippen molar-refractivity contribution in [3.63, 3.8) is 0 Å². The smallest absolute Gasteiger partial charge is 0.436 e. The number of carboxylic acids is 1. The van der Waals surface area contributed by atoms with Gasteiger partial charge in [0.05, 0.1) is 50.4 Å². The molecule has 1 aliphatic carbocycles. The minimum atomic E-state index is -4.91. The minimum Gasteiger partial charge on any atom is -0.478 e. The molecule has 0 spiro atoms. The van der Waals surface area contributed by atoms with Gasteiger partial charge in [0.1, 0.15) is 68.1 Å². The molecule has 4 amide bonds. The fourth-order valence-corrected chi connectivity index (χ4v) is 13.4. The van der Waals surface area contributed by atoms with E-state index in [1.807, 2.05) is 0 Å². The molecule has 718 valence electrons. The maximum Gasteiger partial charge on any atom is 0.436 e. The largest absolute Gasteiger partial charge is 0.478 e. The highest BCUT2D eigenvalue weighted by Gasteiger charge is 2.48. The Kier molecular flexibility index (Phi) is 32.8. The Morgan fingerprint density at radius 1 is 0.382 bits per heavy atom. The van der Waals surface area contributed by atoms with Gasteiger partial charge in [0, 0.05) is 57.0 Å². The number of carbonyl (C=O) groups excluding carboxylic acids is 7. The highest BCUT2D eigenvalue weighted by Crippen LogP contribution is 2.48. The van der Waals surface area contributed by atoms with E-state index >= 15 is 0 Å². The van der Waals surface area contributed by atoms with Crippen molar-refractivity contribution in [1.82, 2.24) is 60.4 Å². The van der Waals surface area contributed by atoms with Gasteiger partial charge in [0.15, 0.2) is 23.0 Å². The quantitative estimate of drug-likeness (QED) is 0.0215. The van der Waals surface area contributed by atoms with E-state index in [-0.39, 0.29) is 67.6 Å². The van der Waals surface area contributed by atoms with Crippen LogP contribution in [0, 0.1) is 0 Å². The second-order valence-corrected chi connectivity index (χ2v) is 30.9. The number of carbonyl (C=O) groups is 8. The lowest BCUT2D eigenvalue weighted by Crippen LogP contribution is -2.35. The summed E-state index contributed by atoms with van der Waals surface area (Å²) in [5, 5.41) is 34.2. The summed E-state index contributed by atoms with van der Waals surface area (Å²) in [7, 11) is 4.99. The summed E-state index contributed by atoms with van der Waals surface area (Å²) in [6.45, 7) is 5.94. The molecule has 0 aliphatic heterocycles. The number of nitrogens with zero attached hydrogens (tertiary/aromatic N) is 8. The third-order valence-electron chi connectivity index (χ3n) is 20.2. The zero-order valence-corrected chi connectivity index (χ0v) is 73.9. The van der Waals surface area contributed by atoms with Crippen molar-refractivity contribution in [3.05, 3.63) is 299 Å². The summed E-state index contributed by atoms with van der Waals surface area (Å²) in [6, 6.07) is 39.8. The van der Waals surface area contributed by atoms with Gasteiger partial charge in [0.25, 0.3) is 42.9 Å². The molecule has 45 heteroatoms. The lowest BCUT2D eigenvalue weighted by atomic mass is 10.0. The van der Waals surface area contributed by atoms with E-state index in [0.717, 1.165) is 49.1 Å². The van der Waals surface area contributed by atoms with E-state index in [1.54, 1.807) is 93.6 Å². The summed E-state index contributed by atoms with van der Waals surface area (Å²) in [4.78, 5) is 97.5. The fourth-order valence-electron chi connectivity index (χ4n) is 13.1. The lowest BCUT2D eigenvalue weighted by Gasteiger charge is -2.19. The van der Waals surface area contributed by atoms with Gasteiger partial charge < -0.3 is 50.1 Å². The van der Waals surface area contributed by atoms with Crippen molar-refractivity contribution in [2.24, 2.45) is 28.2 Å². The van der Waals surface area contributed by atoms with Crippen molar-refractivity contribution in [3.8, 4) is 52.3 Å². The number of hydrogen-bond donors (Lipinski definition) is 5.